The largest absolute Gasteiger partial charge is 0.340 e. The fourth-order valence-electron chi connectivity index (χ4n) is 3.34. The minimum atomic E-state index is -0.252. The van der Waals surface area contributed by atoms with E-state index in [4.69, 9.17) is 0 Å². The third-order valence-electron chi connectivity index (χ3n) is 5.46. The number of amides is 2. The molecule has 2 amide bonds. The summed E-state index contributed by atoms with van der Waals surface area (Å²) in [4.78, 5) is 34.7. The molecular weight excluding hydrogens is 372 g/mol. The fourth-order valence-corrected chi connectivity index (χ4v) is 4.16. The Balaban J connectivity index is 1.50. The lowest BCUT2D eigenvalue weighted by molar-refractivity contribution is -0.133. The molecule has 0 saturated carbocycles. The van der Waals surface area contributed by atoms with Crippen molar-refractivity contribution in [2.75, 3.05) is 31.5 Å². The zero-order valence-electron chi connectivity index (χ0n) is 17.0. The van der Waals surface area contributed by atoms with Crippen molar-refractivity contribution >= 4 is 28.3 Å². The summed E-state index contributed by atoms with van der Waals surface area (Å²) in [7, 11) is 0. The summed E-state index contributed by atoms with van der Waals surface area (Å²) in [6.07, 6.45) is 0.436. The first-order chi connectivity index (χ1) is 13.3. The lowest BCUT2D eigenvalue weighted by Crippen LogP contribution is -2.54. The van der Waals surface area contributed by atoms with E-state index in [0.717, 1.165) is 21.7 Å². The molecule has 1 N–H and O–H groups in total. The first-order valence-corrected chi connectivity index (χ1v) is 10.5. The van der Waals surface area contributed by atoms with Crippen LogP contribution in [0.25, 0.3) is 0 Å². The smallest absolute Gasteiger partial charge is 0.243 e. The number of anilines is 1. The number of hydrogen-bond donors (Lipinski definition) is 1. The van der Waals surface area contributed by atoms with Crippen molar-refractivity contribution in [3.8, 4) is 0 Å². The number of nitrogens with zero attached hydrogens (tertiary/aromatic N) is 3. The maximum atomic E-state index is 12.6. The number of aromatic nitrogens is 1. The van der Waals surface area contributed by atoms with Gasteiger partial charge < -0.3 is 10.2 Å². The van der Waals surface area contributed by atoms with E-state index in [0.29, 0.717) is 37.7 Å². The van der Waals surface area contributed by atoms with Crippen molar-refractivity contribution in [1.82, 2.24) is 14.8 Å². The number of piperazine rings is 1. The number of rotatable bonds is 5. The Hall–Kier alpha value is -2.25. The summed E-state index contributed by atoms with van der Waals surface area (Å²) in [6, 6.07) is 7.75. The summed E-state index contributed by atoms with van der Waals surface area (Å²) in [5.74, 6) is 0.105. The lowest BCUT2D eigenvalue weighted by atomic mass is 10.1. The second-order valence-corrected chi connectivity index (χ2v) is 8.55. The zero-order valence-corrected chi connectivity index (χ0v) is 17.8. The van der Waals surface area contributed by atoms with Crippen LogP contribution in [-0.2, 0) is 16.0 Å². The van der Waals surface area contributed by atoms with Gasteiger partial charge in [0, 0.05) is 31.1 Å². The molecule has 1 aromatic carbocycles. The maximum absolute atomic E-state index is 12.6. The standard InChI is InChI=1S/C21H28N4O2S/c1-14-7-5-6-8-18(14)13-19(26)25-11-9-24(10-12-25)16(3)20(27)23-21-22-15(2)17(4)28-21/h5-8,16H,9-13H2,1-4H3,(H,22,23,27). The van der Waals surface area contributed by atoms with Crippen LogP contribution < -0.4 is 5.32 Å². The Bertz CT molecular complexity index is 836. The molecule has 1 aliphatic rings. The van der Waals surface area contributed by atoms with Gasteiger partial charge in [0.25, 0.3) is 0 Å². The monoisotopic (exact) mass is 400 g/mol. The van der Waals surface area contributed by atoms with Crippen molar-refractivity contribution in [3.05, 3.63) is 46.0 Å². The van der Waals surface area contributed by atoms with E-state index in [9.17, 15) is 9.59 Å². The Morgan fingerprint density at radius 3 is 2.43 bits per heavy atom. The predicted molar refractivity (Wildman–Crippen MR) is 113 cm³/mol. The van der Waals surface area contributed by atoms with E-state index in [1.807, 2.05) is 56.9 Å². The van der Waals surface area contributed by atoms with Gasteiger partial charge in [0.15, 0.2) is 5.13 Å². The molecule has 0 radical (unpaired) electrons. The molecule has 0 spiro atoms. The summed E-state index contributed by atoms with van der Waals surface area (Å²) >= 11 is 1.50. The summed E-state index contributed by atoms with van der Waals surface area (Å²) in [6.45, 7) is 10.6. The van der Waals surface area contributed by atoms with E-state index in [1.165, 1.54) is 11.3 Å². The molecule has 2 heterocycles. The number of nitrogens with one attached hydrogen (secondary N) is 1. The predicted octanol–water partition coefficient (Wildman–Crippen LogP) is 2.78. The highest BCUT2D eigenvalue weighted by molar-refractivity contribution is 7.15. The van der Waals surface area contributed by atoms with Gasteiger partial charge in [-0.3, -0.25) is 14.5 Å². The maximum Gasteiger partial charge on any atom is 0.243 e. The highest BCUT2D eigenvalue weighted by Gasteiger charge is 2.28. The summed E-state index contributed by atoms with van der Waals surface area (Å²) < 4.78 is 0. The highest BCUT2D eigenvalue weighted by atomic mass is 32.1. The van der Waals surface area contributed by atoms with Gasteiger partial charge in [-0.05, 0) is 38.8 Å². The van der Waals surface area contributed by atoms with Gasteiger partial charge in [-0.2, -0.15) is 0 Å². The molecule has 28 heavy (non-hydrogen) atoms. The average Bonchev–Trinajstić information content (AvgIpc) is 3.00. The number of hydrogen-bond acceptors (Lipinski definition) is 5. The Labute approximate surface area is 170 Å². The highest BCUT2D eigenvalue weighted by Crippen LogP contribution is 2.21. The second kappa shape index (κ2) is 8.84. The minimum Gasteiger partial charge on any atom is -0.340 e. The van der Waals surface area contributed by atoms with Gasteiger partial charge in [-0.1, -0.05) is 24.3 Å². The SMILES string of the molecule is Cc1ccccc1CC(=O)N1CCN(C(C)C(=O)Nc2nc(C)c(C)s2)CC1. The van der Waals surface area contributed by atoms with Crippen LogP contribution >= 0.6 is 11.3 Å². The number of carbonyl (C=O) groups excluding carboxylic acids is 2. The van der Waals surface area contributed by atoms with Crippen LogP contribution in [0.2, 0.25) is 0 Å². The van der Waals surface area contributed by atoms with Crippen molar-refractivity contribution < 1.29 is 9.59 Å². The van der Waals surface area contributed by atoms with Crippen LogP contribution in [0.15, 0.2) is 24.3 Å². The van der Waals surface area contributed by atoms with Crippen molar-refractivity contribution in [2.45, 2.75) is 40.2 Å². The summed E-state index contributed by atoms with van der Waals surface area (Å²) in [5.41, 5.74) is 3.18. The molecule has 2 aromatic rings. The number of thiazole rings is 1. The first-order valence-electron chi connectivity index (χ1n) is 9.66. The van der Waals surface area contributed by atoms with Crippen LogP contribution in [0.5, 0.6) is 0 Å². The lowest BCUT2D eigenvalue weighted by Gasteiger charge is -2.37. The molecule has 3 rings (SSSR count). The van der Waals surface area contributed by atoms with Gasteiger partial charge in [0.2, 0.25) is 11.8 Å². The molecule has 1 aromatic heterocycles. The van der Waals surface area contributed by atoms with E-state index >= 15 is 0 Å². The van der Waals surface area contributed by atoms with Crippen molar-refractivity contribution in [2.24, 2.45) is 0 Å². The third-order valence-corrected chi connectivity index (χ3v) is 6.44. The van der Waals surface area contributed by atoms with E-state index in [-0.39, 0.29) is 17.9 Å². The second-order valence-electron chi connectivity index (χ2n) is 7.35. The van der Waals surface area contributed by atoms with E-state index in [1.54, 1.807) is 0 Å². The number of carbonyl (C=O) groups is 2. The topological polar surface area (TPSA) is 65.5 Å². The average molecular weight is 401 g/mol. The molecule has 0 aliphatic carbocycles. The van der Waals surface area contributed by atoms with Crippen molar-refractivity contribution in [1.29, 1.82) is 0 Å². The van der Waals surface area contributed by atoms with Crippen LogP contribution in [-0.4, -0.2) is 58.8 Å². The van der Waals surface area contributed by atoms with Crippen LogP contribution in [0.1, 0.15) is 28.6 Å². The minimum absolute atomic E-state index is 0.0477. The molecule has 6 nitrogen and oxygen atoms in total. The molecule has 1 saturated heterocycles. The third kappa shape index (κ3) is 4.77. The molecule has 7 heteroatoms. The Kier molecular flexibility index (Phi) is 6.46. The van der Waals surface area contributed by atoms with Gasteiger partial charge in [0.05, 0.1) is 18.2 Å². The number of aryl methyl sites for hydroxylation is 3. The van der Waals surface area contributed by atoms with Gasteiger partial charge in [0.1, 0.15) is 0 Å². The normalized spacial score (nSPS) is 16.1. The molecule has 150 valence electrons. The van der Waals surface area contributed by atoms with Crippen LogP contribution in [0, 0.1) is 20.8 Å². The fraction of sp³-hybridized carbons (Fsp3) is 0.476. The van der Waals surface area contributed by atoms with Crippen LogP contribution in [0.4, 0.5) is 5.13 Å². The Morgan fingerprint density at radius 1 is 1.14 bits per heavy atom. The molecule has 0 bridgehead atoms. The summed E-state index contributed by atoms with van der Waals surface area (Å²) in [5, 5.41) is 3.57. The zero-order chi connectivity index (χ0) is 20.3. The van der Waals surface area contributed by atoms with Gasteiger partial charge in [-0.15, -0.1) is 11.3 Å². The Morgan fingerprint density at radius 2 is 1.82 bits per heavy atom. The molecule has 1 atom stereocenters. The van der Waals surface area contributed by atoms with Crippen molar-refractivity contribution in [3.63, 3.8) is 0 Å². The van der Waals surface area contributed by atoms with Gasteiger partial charge in [-0.25, -0.2) is 4.98 Å². The number of benzene rings is 1. The van der Waals surface area contributed by atoms with E-state index in [2.05, 4.69) is 15.2 Å². The van der Waals surface area contributed by atoms with Gasteiger partial charge >= 0.3 is 0 Å². The molecule has 1 aliphatic heterocycles. The molecule has 1 unspecified atom stereocenters. The quantitative estimate of drug-likeness (QED) is 0.838. The van der Waals surface area contributed by atoms with Crippen LogP contribution in [0.3, 0.4) is 0 Å². The molecule has 1 fully saturated rings. The molecular formula is C21H28N4O2S. The van der Waals surface area contributed by atoms with E-state index < -0.39 is 0 Å². The first kappa shape index (κ1) is 20.5.